The fraction of sp³-hybridized carbons (Fsp3) is 0.652. The highest BCUT2D eigenvalue weighted by atomic mass is 16.5. The lowest BCUT2D eigenvalue weighted by Gasteiger charge is -2.47. The molecule has 0 aromatic heterocycles. The van der Waals surface area contributed by atoms with Gasteiger partial charge in [0.2, 0.25) is 11.8 Å². The van der Waals surface area contributed by atoms with E-state index in [1.54, 1.807) is 0 Å². The minimum atomic E-state index is -0.256. The highest BCUT2D eigenvalue weighted by molar-refractivity contribution is 5.78. The normalized spacial score (nSPS) is 23.2. The molecule has 1 saturated carbocycles. The van der Waals surface area contributed by atoms with Crippen LogP contribution in [-0.4, -0.2) is 41.4 Å². The van der Waals surface area contributed by atoms with E-state index in [1.165, 1.54) is 0 Å². The third-order valence-corrected chi connectivity index (χ3v) is 6.29. The maximum Gasteiger partial charge on any atom is 0.222 e. The molecule has 5 heteroatoms. The summed E-state index contributed by atoms with van der Waals surface area (Å²) >= 11 is 0. The number of likely N-dealkylation sites (tertiary alicyclic amines) is 1. The third kappa shape index (κ3) is 4.34. The van der Waals surface area contributed by atoms with Crippen molar-refractivity contribution in [3.63, 3.8) is 0 Å². The van der Waals surface area contributed by atoms with Gasteiger partial charge in [-0.3, -0.25) is 9.59 Å². The molecule has 2 heterocycles. The zero-order valence-electron chi connectivity index (χ0n) is 17.1. The highest BCUT2D eigenvalue weighted by Gasteiger charge is 2.44. The van der Waals surface area contributed by atoms with Gasteiger partial charge in [0.1, 0.15) is 11.4 Å². The van der Waals surface area contributed by atoms with E-state index in [-0.39, 0.29) is 23.3 Å². The zero-order valence-corrected chi connectivity index (χ0v) is 17.1. The molecule has 1 saturated heterocycles. The van der Waals surface area contributed by atoms with Crippen LogP contribution in [0.3, 0.4) is 0 Å². The van der Waals surface area contributed by atoms with Crippen LogP contribution in [0.15, 0.2) is 24.3 Å². The van der Waals surface area contributed by atoms with Gasteiger partial charge in [0.25, 0.3) is 0 Å². The molecule has 0 radical (unpaired) electrons. The molecule has 2 amide bonds. The van der Waals surface area contributed by atoms with Gasteiger partial charge in [-0.15, -0.1) is 0 Å². The van der Waals surface area contributed by atoms with E-state index in [9.17, 15) is 9.59 Å². The summed E-state index contributed by atoms with van der Waals surface area (Å²) in [5.74, 6) is 1.89. The number of piperidine rings is 1. The molecule has 152 valence electrons. The number of carbonyl (C=O) groups is 2. The summed E-state index contributed by atoms with van der Waals surface area (Å²) in [4.78, 5) is 26.9. The summed E-state index contributed by atoms with van der Waals surface area (Å²) in [6.07, 6.45) is 5.89. The van der Waals surface area contributed by atoms with Crippen molar-refractivity contribution in [3.05, 3.63) is 29.8 Å². The smallest absolute Gasteiger partial charge is 0.222 e. The Bertz CT molecular complexity index is 733. The maximum absolute atomic E-state index is 12.5. The Labute approximate surface area is 167 Å². The van der Waals surface area contributed by atoms with Crippen molar-refractivity contribution in [2.45, 2.75) is 76.4 Å². The Kier molecular flexibility index (Phi) is 5.35. The minimum Gasteiger partial charge on any atom is -0.487 e. The number of hydrogen-bond donors (Lipinski definition) is 1. The molecule has 1 N–H and O–H groups in total. The van der Waals surface area contributed by atoms with Crippen LogP contribution >= 0.6 is 0 Å². The Morgan fingerprint density at radius 1 is 1.21 bits per heavy atom. The fourth-order valence-electron chi connectivity index (χ4n) is 4.61. The maximum atomic E-state index is 12.5. The second kappa shape index (κ2) is 7.76. The second-order valence-electron chi connectivity index (χ2n) is 9.25. The van der Waals surface area contributed by atoms with Crippen molar-refractivity contribution in [1.29, 1.82) is 0 Å². The summed E-state index contributed by atoms with van der Waals surface area (Å²) in [5, 5.41) is 3.13. The van der Waals surface area contributed by atoms with Crippen LogP contribution in [0, 0.1) is 5.92 Å². The number of hydrogen-bond acceptors (Lipinski definition) is 3. The van der Waals surface area contributed by atoms with Gasteiger partial charge in [-0.2, -0.15) is 0 Å². The molecular formula is C23H32N2O3. The Balaban J connectivity index is 1.45. The van der Waals surface area contributed by atoms with Gasteiger partial charge in [-0.05, 0) is 36.8 Å². The zero-order chi connectivity index (χ0) is 19.7. The summed E-state index contributed by atoms with van der Waals surface area (Å²) < 4.78 is 6.51. The Morgan fingerprint density at radius 2 is 1.93 bits per heavy atom. The molecule has 2 aliphatic heterocycles. The van der Waals surface area contributed by atoms with Crippen LogP contribution in [-0.2, 0) is 9.59 Å². The second-order valence-corrected chi connectivity index (χ2v) is 9.25. The third-order valence-electron chi connectivity index (χ3n) is 6.29. The molecule has 1 aromatic carbocycles. The monoisotopic (exact) mass is 384 g/mol. The summed E-state index contributed by atoms with van der Waals surface area (Å²) in [5.41, 5.74) is 0.894. The van der Waals surface area contributed by atoms with E-state index in [2.05, 4.69) is 25.2 Å². The van der Waals surface area contributed by atoms with Gasteiger partial charge < -0.3 is 15.0 Å². The highest BCUT2D eigenvalue weighted by Crippen LogP contribution is 2.46. The number of rotatable bonds is 5. The van der Waals surface area contributed by atoms with Crippen molar-refractivity contribution < 1.29 is 14.3 Å². The molecule has 1 atom stereocenters. The molecule has 5 nitrogen and oxygen atoms in total. The van der Waals surface area contributed by atoms with Gasteiger partial charge in [-0.1, -0.05) is 32.0 Å². The molecule has 1 aromatic rings. The molecule has 4 rings (SSSR count). The van der Waals surface area contributed by atoms with E-state index >= 15 is 0 Å². The summed E-state index contributed by atoms with van der Waals surface area (Å²) in [6, 6.07) is 8.54. The van der Waals surface area contributed by atoms with Gasteiger partial charge in [0, 0.05) is 50.7 Å². The molecular weight excluding hydrogens is 352 g/mol. The molecule has 1 aliphatic carbocycles. The van der Waals surface area contributed by atoms with Crippen LogP contribution in [0.25, 0.3) is 0 Å². The van der Waals surface area contributed by atoms with Crippen molar-refractivity contribution >= 4 is 11.8 Å². The Hall–Kier alpha value is -2.04. The predicted molar refractivity (Wildman–Crippen MR) is 108 cm³/mol. The van der Waals surface area contributed by atoms with Crippen LogP contribution in [0.2, 0.25) is 0 Å². The van der Waals surface area contributed by atoms with Crippen LogP contribution < -0.4 is 10.1 Å². The molecule has 0 unspecified atom stereocenters. The average molecular weight is 385 g/mol. The minimum absolute atomic E-state index is 0.156. The van der Waals surface area contributed by atoms with Crippen molar-refractivity contribution in [2.24, 2.45) is 5.92 Å². The van der Waals surface area contributed by atoms with Crippen molar-refractivity contribution in [3.8, 4) is 5.75 Å². The number of fused-ring (bicyclic) bond motifs is 1. The predicted octanol–water partition coefficient (Wildman–Crippen LogP) is 3.63. The van der Waals surface area contributed by atoms with Crippen LogP contribution in [0.4, 0.5) is 0 Å². The first-order valence-corrected chi connectivity index (χ1v) is 10.8. The van der Waals surface area contributed by atoms with Crippen molar-refractivity contribution in [2.75, 3.05) is 13.1 Å². The largest absolute Gasteiger partial charge is 0.487 e. The first kappa shape index (κ1) is 19.3. The van der Waals surface area contributed by atoms with Crippen LogP contribution in [0.5, 0.6) is 5.75 Å². The number of para-hydroxylation sites is 1. The lowest BCUT2D eigenvalue weighted by atomic mass is 9.76. The number of nitrogens with zero attached hydrogens (tertiary/aromatic N) is 1. The van der Waals surface area contributed by atoms with Gasteiger partial charge >= 0.3 is 0 Å². The molecule has 0 bridgehead atoms. The number of amides is 2. The van der Waals surface area contributed by atoms with E-state index in [0.29, 0.717) is 24.8 Å². The number of benzene rings is 1. The van der Waals surface area contributed by atoms with Gasteiger partial charge in [0.15, 0.2) is 0 Å². The lowest BCUT2D eigenvalue weighted by Crippen LogP contribution is -2.52. The van der Waals surface area contributed by atoms with E-state index < -0.39 is 0 Å². The molecule has 3 aliphatic rings. The van der Waals surface area contributed by atoms with Gasteiger partial charge in [-0.25, -0.2) is 0 Å². The SMILES string of the molecule is CC(C)CC(=O)N1CCC2(CC1)C[C@H](CC(=O)NC1CC1)c1ccccc1O2. The average Bonchev–Trinajstić information content (AvgIpc) is 3.45. The van der Waals surface area contributed by atoms with Gasteiger partial charge in [0.05, 0.1) is 0 Å². The number of carbonyl (C=O) groups excluding carboxylic acids is 2. The quantitative estimate of drug-likeness (QED) is 0.843. The molecule has 2 fully saturated rings. The van der Waals surface area contributed by atoms with E-state index in [4.69, 9.17) is 4.74 Å². The molecule has 28 heavy (non-hydrogen) atoms. The standard InChI is InChI=1S/C23H32N2O3/c1-16(2)13-22(27)25-11-9-23(10-12-25)15-17(14-21(26)24-18-7-8-18)19-5-3-4-6-20(19)28-23/h3-6,16-18H,7-15H2,1-2H3,(H,24,26)/t17-/m0/s1. The van der Waals surface area contributed by atoms with Crippen LogP contribution in [0.1, 0.15) is 70.3 Å². The Morgan fingerprint density at radius 3 is 2.61 bits per heavy atom. The number of ether oxygens (including phenoxy) is 1. The first-order chi connectivity index (χ1) is 13.4. The molecule has 1 spiro atoms. The fourth-order valence-corrected chi connectivity index (χ4v) is 4.61. The van der Waals surface area contributed by atoms with E-state index in [1.807, 2.05) is 23.1 Å². The number of nitrogens with one attached hydrogen (secondary N) is 1. The first-order valence-electron chi connectivity index (χ1n) is 10.8. The van der Waals surface area contributed by atoms with Crippen molar-refractivity contribution in [1.82, 2.24) is 10.2 Å². The lowest BCUT2D eigenvalue weighted by molar-refractivity contribution is -0.136. The summed E-state index contributed by atoms with van der Waals surface area (Å²) in [7, 11) is 0. The van der Waals surface area contributed by atoms with E-state index in [0.717, 1.165) is 56.5 Å². The topological polar surface area (TPSA) is 58.6 Å². The summed E-state index contributed by atoms with van der Waals surface area (Å²) in [6.45, 7) is 5.66.